The van der Waals surface area contributed by atoms with Crippen LogP contribution < -0.4 is 10.6 Å². The van der Waals surface area contributed by atoms with Gasteiger partial charge >= 0.3 is 6.18 Å². The van der Waals surface area contributed by atoms with Crippen LogP contribution in [0.3, 0.4) is 0 Å². The molecular weight excluding hydrogens is 267 g/mol. The van der Waals surface area contributed by atoms with Crippen LogP contribution >= 0.6 is 0 Å². The summed E-state index contributed by atoms with van der Waals surface area (Å²) in [4.78, 5) is 20.9. The third kappa shape index (κ3) is 5.70. The van der Waals surface area contributed by atoms with E-state index in [1.165, 1.54) is 24.3 Å². The maximum atomic E-state index is 11.8. The van der Waals surface area contributed by atoms with Crippen molar-refractivity contribution in [2.45, 2.75) is 6.18 Å². The highest BCUT2D eigenvalue weighted by Crippen LogP contribution is 2.16. The van der Waals surface area contributed by atoms with E-state index in [4.69, 9.17) is 0 Å². The van der Waals surface area contributed by atoms with Gasteiger partial charge in [0, 0.05) is 17.8 Å². The minimum absolute atomic E-state index is 0.180. The molecule has 19 heavy (non-hydrogen) atoms. The Morgan fingerprint density at radius 3 is 2.63 bits per heavy atom. The summed E-state index contributed by atoms with van der Waals surface area (Å²) in [5.74, 6) is -0.858. The number of halogens is 3. The van der Waals surface area contributed by atoms with Gasteiger partial charge in [0.2, 0.25) is 5.91 Å². The van der Waals surface area contributed by atoms with Crippen LogP contribution in [0, 0.1) is 10.1 Å². The van der Waals surface area contributed by atoms with E-state index >= 15 is 0 Å². The first-order valence-corrected chi connectivity index (χ1v) is 5.10. The van der Waals surface area contributed by atoms with E-state index in [2.05, 4.69) is 5.32 Å². The summed E-state index contributed by atoms with van der Waals surface area (Å²) in [6, 6.07) is 5.30. The number of carbonyl (C=O) groups is 1. The molecule has 0 atom stereocenters. The molecule has 0 aliphatic heterocycles. The van der Waals surface area contributed by atoms with E-state index in [0.717, 1.165) is 0 Å². The zero-order valence-corrected chi connectivity index (χ0v) is 9.53. The Morgan fingerprint density at radius 1 is 1.37 bits per heavy atom. The molecular formula is C10H10F3N3O3. The molecule has 1 amide bonds. The highest BCUT2D eigenvalue weighted by atomic mass is 19.4. The van der Waals surface area contributed by atoms with Gasteiger partial charge in [0.25, 0.3) is 5.69 Å². The molecule has 9 heteroatoms. The standard InChI is InChI=1S/C10H10F3N3O3/c11-10(12,13)6-15-9(17)5-14-7-2-1-3-8(4-7)16(18)19/h1-4,14H,5-6H2,(H,15,17). The summed E-state index contributed by atoms with van der Waals surface area (Å²) >= 11 is 0. The van der Waals surface area contributed by atoms with Crippen LogP contribution in [-0.4, -0.2) is 30.1 Å². The average molecular weight is 277 g/mol. The van der Waals surface area contributed by atoms with Gasteiger partial charge in [0.15, 0.2) is 0 Å². The van der Waals surface area contributed by atoms with E-state index in [1.54, 1.807) is 5.32 Å². The minimum atomic E-state index is -4.47. The van der Waals surface area contributed by atoms with Crippen LogP contribution in [0.25, 0.3) is 0 Å². The van der Waals surface area contributed by atoms with Gasteiger partial charge in [0.1, 0.15) is 6.54 Å². The highest BCUT2D eigenvalue weighted by molar-refractivity contribution is 5.80. The zero-order chi connectivity index (χ0) is 14.5. The molecule has 0 bridgehead atoms. The Hall–Kier alpha value is -2.32. The Balaban J connectivity index is 2.46. The van der Waals surface area contributed by atoms with Gasteiger partial charge in [0.05, 0.1) is 11.5 Å². The van der Waals surface area contributed by atoms with Crippen molar-refractivity contribution in [3.8, 4) is 0 Å². The summed E-state index contributed by atoms with van der Waals surface area (Å²) in [5.41, 5.74) is 0.0945. The summed E-state index contributed by atoms with van der Waals surface area (Å²) < 4.78 is 35.4. The second-order valence-corrected chi connectivity index (χ2v) is 3.55. The van der Waals surface area contributed by atoms with Gasteiger partial charge in [-0.1, -0.05) is 6.07 Å². The molecule has 1 rings (SSSR count). The molecule has 1 aromatic rings. The van der Waals surface area contributed by atoms with Gasteiger partial charge in [-0.2, -0.15) is 13.2 Å². The van der Waals surface area contributed by atoms with Crippen LogP contribution in [0.4, 0.5) is 24.5 Å². The number of alkyl halides is 3. The fourth-order valence-corrected chi connectivity index (χ4v) is 1.17. The van der Waals surface area contributed by atoms with Crippen LogP contribution in [0.2, 0.25) is 0 Å². The molecule has 1 aromatic carbocycles. The molecule has 0 aliphatic carbocycles. The number of hydrogen-bond acceptors (Lipinski definition) is 4. The summed E-state index contributed by atoms with van der Waals surface area (Å²) in [6.45, 7) is -1.82. The van der Waals surface area contributed by atoms with Crippen molar-refractivity contribution < 1.29 is 22.9 Å². The molecule has 0 aromatic heterocycles. The smallest absolute Gasteiger partial charge is 0.376 e. The van der Waals surface area contributed by atoms with Crippen molar-refractivity contribution in [2.75, 3.05) is 18.4 Å². The third-order valence-electron chi connectivity index (χ3n) is 2.00. The molecule has 0 radical (unpaired) electrons. The maximum absolute atomic E-state index is 11.8. The number of nitro groups is 1. The molecule has 0 saturated heterocycles. The van der Waals surface area contributed by atoms with Crippen molar-refractivity contribution in [1.82, 2.24) is 5.32 Å². The lowest BCUT2D eigenvalue weighted by Crippen LogP contribution is -2.37. The number of non-ortho nitro benzene ring substituents is 1. The van der Waals surface area contributed by atoms with E-state index in [9.17, 15) is 28.1 Å². The second-order valence-electron chi connectivity index (χ2n) is 3.55. The number of amides is 1. The van der Waals surface area contributed by atoms with Gasteiger partial charge < -0.3 is 10.6 Å². The maximum Gasteiger partial charge on any atom is 0.405 e. The van der Waals surface area contributed by atoms with Crippen molar-refractivity contribution in [1.29, 1.82) is 0 Å². The van der Waals surface area contributed by atoms with E-state index < -0.39 is 30.1 Å². The Bertz CT molecular complexity index is 477. The van der Waals surface area contributed by atoms with Gasteiger partial charge in [-0.25, -0.2) is 0 Å². The first-order chi connectivity index (χ1) is 8.78. The van der Waals surface area contributed by atoms with E-state index in [1.807, 2.05) is 0 Å². The van der Waals surface area contributed by atoms with Crippen LogP contribution in [-0.2, 0) is 4.79 Å². The molecule has 0 unspecified atom stereocenters. The van der Waals surface area contributed by atoms with Crippen LogP contribution in [0.15, 0.2) is 24.3 Å². The van der Waals surface area contributed by atoms with Gasteiger partial charge in [-0.15, -0.1) is 0 Å². The molecule has 104 valence electrons. The molecule has 6 nitrogen and oxygen atoms in total. The molecule has 2 N–H and O–H groups in total. The minimum Gasteiger partial charge on any atom is -0.376 e. The van der Waals surface area contributed by atoms with Crippen molar-refractivity contribution >= 4 is 17.3 Å². The summed E-state index contributed by atoms with van der Waals surface area (Å²) in [7, 11) is 0. The fourth-order valence-electron chi connectivity index (χ4n) is 1.17. The quantitative estimate of drug-likeness (QED) is 0.633. The van der Waals surface area contributed by atoms with E-state index in [0.29, 0.717) is 0 Å². The van der Waals surface area contributed by atoms with Crippen LogP contribution in [0.5, 0.6) is 0 Å². The molecule has 0 heterocycles. The van der Waals surface area contributed by atoms with Crippen molar-refractivity contribution in [3.63, 3.8) is 0 Å². The number of nitro benzene ring substituents is 1. The van der Waals surface area contributed by atoms with Gasteiger partial charge in [-0.3, -0.25) is 14.9 Å². The Morgan fingerprint density at radius 2 is 2.05 bits per heavy atom. The Kier molecular flexibility index (Phi) is 4.67. The number of benzene rings is 1. The number of hydrogen-bond donors (Lipinski definition) is 2. The number of nitrogens with one attached hydrogen (secondary N) is 2. The predicted molar refractivity (Wildman–Crippen MR) is 60.7 cm³/mol. The molecule has 0 saturated carbocycles. The number of rotatable bonds is 5. The number of nitrogens with zero attached hydrogens (tertiary/aromatic N) is 1. The van der Waals surface area contributed by atoms with Gasteiger partial charge in [-0.05, 0) is 6.07 Å². The number of anilines is 1. The lowest BCUT2D eigenvalue weighted by atomic mass is 10.3. The molecule has 0 fully saturated rings. The summed E-state index contributed by atoms with van der Waals surface area (Å²) in [6.07, 6.45) is -4.47. The first kappa shape index (κ1) is 14.7. The highest BCUT2D eigenvalue weighted by Gasteiger charge is 2.27. The normalized spacial score (nSPS) is 10.9. The SMILES string of the molecule is O=C(CNc1cccc([N+](=O)[O-])c1)NCC(F)(F)F. The molecule has 0 aliphatic rings. The van der Waals surface area contributed by atoms with Crippen molar-refractivity contribution in [3.05, 3.63) is 34.4 Å². The zero-order valence-electron chi connectivity index (χ0n) is 9.53. The fraction of sp³-hybridized carbons (Fsp3) is 0.300. The summed E-state index contributed by atoms with van der Waals surface area (Å²) in [5, 5.41) is 14.6. The largest absolute Gasteiger partial charge is 0.405 e. The average Bonchev–Trinajstić information content (AvgIpc) is 2.33. The third-order valence-corrected chi connectivity index (χ3v) is 2.00. The predicted octanol–water partition coefficient (Wildman–Crippen LogP) is 1.69. The van der Waals surface area contributed by atoms with E-state index in [-0.39, 0.29) is 11.4 Å². The number of carbonyl (C=O) groups excluding carboxylic acids is 1. The lowest BCUT2D eigenvalue weighted by molar-refractivity contribution is -0.384. The lowest BCUT2D eigenvalue weighted by Gasteiger charge is -2.09. The topological polar surface area (TPSA) is 84.3 Å². The Labute approximate surface area is 105 Å². The second kappa shape index (κ2) is 6.03. The van der Waals surface area contributed by atoms with Crippen molar-refractivity contribution in [2.24, 2.45) is 0 Å². The monoisotopic (exact) mass is 277 g/mol. The molecule has 0 spiro atoms. The first-order valence-electron chi connectivity index (χ1n) is 5.10. The van der Waals surface area contributed by atoms with Crippen LogP contribution in [0.1, 0.15) is 0 Å².